The van der Waals surface area contributed by atoms with E-state index in [4.69, 9.17) is 14.7 Å². The number of hydrogen-bond donors (Lipinski definition) is 0. The van der Waals surface area contributed by atoms with Crippen molar-refractivity contribution in [3.8, 4) is 11.4 Å². The molecule has 3 aromatic heterocycles. The standard InChI is InChI=1S/C21H24N4OS/c1-25(13-15-7-2-3-11-26-15)20-18-16-8-4-9-17(16)27-21(18)24-19(23-20)14-6-5-10-22-12-14/h5-6,10,12,15H,2-4,7-9,11,13H2,1H3. The zero-order valence-corrected chi connectivity index (χ0v) is 16.5. The lowest BCUT2D eigenvalue weighted by Crippen LogP contribution is -2.34. The van der Waals surface area contributed by atoms with Gasteiger partial charge < -0.3 is 9.64 Å². The Balaban J connectivity index is 1.59. The van der Waals surface area contributed by atoms with Crippen LogP contribution in [-0.2, 0) is 17.6 Å². The van der Waals surface area contributed by atoms with Crippen LogP contribution in [0.25, 0.3) is 21.6 Å². The van der Waals surface area contributed by atoms with E-state index < -0.39 is 0 Å². The Bertz CT molecular complexity index is 950. The summed E-state index contributed by atoms with van der Waals surface area (Å²) in [6, 6.07) is 3.97. The lowest BCUT2D eigenvalue weighted by molar-refractivity contribution is 0.0215. The van der Waals surface area contributed by atoms with Crippen LogP contribution in [0.3, 0.4) is 0 Å². The molecule has 1 atom stereocenters. The summed E-state index contributed by atoms with van der Waals surface area (Å²) in [6.07, 6.45) is 11.1. The number of aromatic nitrogens is 3. The number of rotatable bonds is 4. The van der Waals surface area contributed by atoms with Crippen LogP contribution in [0.1, 0.15) is 36.1 Å². The molecule has 1 unspecified atom stereocenters. The molecule has 3 aromatic rings. The Morgan fingerprint density at radius 1 is 1.22 bits per heavy atom. The molecule has 0 spiro atoms. The average Bonchev–Trinajstić information content (AvgIpc) is 3.29. The summed E-state index contributed by atoms with van der Waals surface area (Å²) in [5, 5.41) is 1.26. The van der Waals surface area contributed by atoms with Gasteiger partial charge >= 0.3 is 0 Å². The van der Waals surface area contributed by atoms with Crippen LogP contribution >= 0.6 is 11.3 Å². The number of pyridine rings is 1. The highest BCUT2D eigenvalue weighted by molar-refractivity contribution is 7.19. The summed E-state index contributed by atoms with van der Waals surface area (Å²) >= 11 is 1.84. The van der Waals surface area contributed by atoms with E-state index in [1.807, 2.05) is 29.7 Å². The number of hydrogen-bond acceptors (Lipinski definition) is 6. The molecule has 0 amide bonds. The molecule has 1 saturated heterocycles. The van der Waals surface area contributed by atoms with Crippen LogP contribution in [0, 0.1) is 0 Å². The van der Waals surface area contributed by atoms with Crippen LogP contribution in [-0.4, -0.2) is 41.3 Å². The summed E-state index contributed by atoms with van der Waals surface area (Å²) in [6.45, 7) is 1.76. The normalized spacial score (nSPS) is 19.4. The molecule has 140 valence electrons. The first-order valence-corrected chi connectivity index (χ1v) is 10.7. The van der Waals surface area contributed by atoms with Gasteiger partial charge in [-0.2, -0.15) is 0 Å². The Labute approximate surface area is 163 Å². The van der Waals surface area contributed by atoms with Crippen molar-refractivity contribution in [1.82, 2.24) is 15.0 Å². The molecule has 1 aliphatic carbocycles. The molecule has 1 aliphatic heterocycles. The van der Waals surface area contributed by atoms with Gasteiger partial charge in [0, 0.05) is 43.0 Å². The number of fused-ring (bicyclic) bond motifs is 3. The molecule has 5 rings (SSSR count). The summed E-state index contributed by atoms with van der Waals surface area (Å²) in [5.41, 5.74) is 2.44. The van der Waals surface area contributed by atoms with E-state index in [2.05, 4.69) is 16.9 Å². The predicted molar refractivity (Wildman–Crippen MR) is 110 cm³/mol. The van der Waals surface area contributed by atoms with E-state index in [9.17, 15) is 0 Å². The van der Waals surface area contributed by atoms with Crippen molar-refractivity contribution in [1.29, 1.82) is 0 Å². The number of ether oxygens (including phenoxy) is 1. The summed E-state index contributed by atoms with van der Waals surface area (Å²) < 4.78 is 5.98. The van der Waals surface area contributed by atoms with Crippen LogP contribution in [0.4, 0.5) is 5.82 Å². The third kappa shape index (κ3) is 3.21. The van der Waals surface area contributed by atoms with Gasteiger partial charge in [0.2, 0.25) is 0 Å². The van der Waals surface area contributed by atoms with Crippen molar-refractivity contribution in [2.24, 2.45) is 0 Å². The fourth-order valence-corrected chi connectivity index (χ4v) is 5.48. The van der Waals surface area contributed by atoms with Crippen LogP contribution in [0.5, 0.6) is 0 Å². The zero-order valence-electron chi connectivity index (χ0n) is 15.6. The molecule has 6 heteroatoms. The van der Waals surface area contributed by atoms with Gasteiger partial charge in [0.15, 0.2) is 5.82 Å². The quantitative estimate of drug-likeness (QED) is 0.677. The molecular formula is C21H24N4OS. The Morgan fingerprint density at radius 2 is 2.19 bits per heavy atom. The third-order valence-corrected chi connectivity index (χ3v) is 6.76. The Kier molecular flexibility index (Phi) is 4.53. The Morgan fingerprint density at radius 3 is 3.00 bits per heavy atom. The first-order chi connectivity index (χ1) is 13.3. The van der Waals surface area contributed by atoms with E-state index >= 15 is 0 Å². The SMILES string of the molecule is CN(CC1CCCCO1)c1nc(-c2cccnc2)nc2sc3c(c12)CCC3. The number of thiophene rings is 1. The maximum atomic E-state index is 5.98. The zero-order chi connectivity index (χ0) is 18.2. The van der Waals surface area contributed by atoms with Gasteiger partial charge in [0.25, 0.3) is 0 Å². The minimum atomic E-state index is 0.294. The van der Waals surface area contributed by atoms with Crippen molar-refractivity contribution in [3.05, 3.63) is 35.0 Å². The molecule has 4 heterocycles. The molecule has 0 N–H and O–H groups in total. The first kappa shape index (κ1) is 17.1. The van der Waals surface area contributed by atoms with Gasteiger partial charge in [-0.25, -0.2) is 9.97 Å². The van der Waals surface area contributed by atoms with Crippen LogP contribution < -0.4 is 4.90 Å². The number of anilines is 1. The minimum absolute atomic E-state index is 0.294. The van der Waals surface area contributed by atoms with Crippen molar-refractivity contribution >= 4 is 27.4 Å². The maximum Gasteiger partial charge on any atom is 0.164 e. The van der Waals surface area contributed by atoms with Gasteiger partial charge in [-0.05, 0) is 56.2 Å². The second-order valence-electron chi connectivity index (χ2n) is 7.52. The van der Waals surface area contributed by atoms with Crippen molar-refractivity contribution in [2.75, 3.05) is 25.1 Å². The summed E-state index contributed by atoms with van der Waals surface area (Å²) in [5.74, 6) is 1.81. The largest absolute Gasteiger partial charge is 0.376 e. The van der Waals surface area contributed by atoms with Crippen LogP contribution in [0.2, 0.25) is 0 Å². The average molecular weight is 381 g/mol. The molecule has 0 aromatic carbocycles. The fourth-order valence-electron chi connectivity index (χ4n) is 4.22. The number of aryl methyl sites for hydroxylation is 2. The predicted octanol–water partition coefficient (Wildman–Crippen LogP) is 4.25. The van der Waals surface area contributed by atoms with E-state index in [1.165, 1.54) is 41.5 Å². The molecule has 0 bridgehead atoms. The molecule has 2 aliphatic rings. The molecule has 27 heavy (non-hydrogen) atoms. The van der Waals surface area contributed by atoms with Gasteiger partial charge in [-0.3, -0.25) is 4.98 Å². The highest BCUT2D eigenvalue weighted by atomic mass is 32.1. The van der Waals surface area contributed by atoms with Crippen molar-refractivity contribution in [2.45, 2.75) is 44.6 Å². The maximum absolute atomic E-state index is 5.98. The summed E-state index contributed by atoms with van der Waals surface area (Å²) in [4.78, 5) is 19.1. The Hall–Kier alpha value is -2.05. The fraction of sp³-hybridized carbons (Fsp3) is 0.476. The molecule has 0 radical (unpaired) electrons. The smallest absolute Gasteiger partial charge is 0.164 e. The second-order valence-corrected chi connectivity index (χ2v) is 8.60. The second kappa shape index (κ2) is 7.17. The van der Waals surface area contributed by atoms with E-state index in [0.717, 1.165) is 48.0 Å². The molecule has 5 nitrogen and oxygen atoms in total. The van der Waals surface area contributed by atoms with Gasteiger partial charge in [-0.15, -0.1) is 11.3 Å². The number of nitrogens with zero attached hydrogens (tertiary/aromatic N) is 4. The van der Waals surface area contributed by atoms with Gasteiger partial charge in [0.05, 0.1) is 11.5 Å². The summed E-state index contributed by atoms with van der Waals surface area (Å²) in [7, 11) is 2.14. The molecule has 1 fully saturated rings. The molecular weight excluding hydrogens is 356 g/mol. The monoisotopic (exact) mass is 380 g/mol. The van der Waals surface area contributed by atoms with E-state index in [0.29, 0.717) is 6.10 Å². The highest BCUT2D eigenvalue weighted by Crippen LogP contribution is 2.41. The lowest BCUT2D eigenvalue weighted by Gasteiger charge is -2.28. The van der Waals surface area contributed by atoms with Crippen molar-refractivity contribution < 1.29 is 4.74 Å². The first-order valence-electron chi connectivity index (χ1n) is 9.85. The van der Waals surface area contributed by atoms with Gasteiger partial charge in [-0.1, -0.05) is 0 Å². The minimum Gasteiger partial charge on any atom is -0.376 e. The van der Waals surface area contributed by atoms with Crippen molar-refractivity contribution in [3.63, 3.8) is 0 Å². The topological polar surface area (TPSA) is 51.1 Å². The van der Waals surface area contributed by atoms with Gasteiger partial charge in [0.1, 0.15) is 10.6 Å². The molecule has 0 saturated carbocycles. The van der Waals surface area contributed by atoms with Crippen LogP contribution in [0.15, 0.2) is 24.5 Å². The third-order valence-electron chi connectivity index (χ3n) is 5.58. The van der Waals surface area contributed by atoms with E-state index in [-0.39, 0.29) is 0 Å². The number of likely N-dealkylation sites (N-methyl/N-ethyl adjacent to an activating group) is 1. The highest BCUT2D eigenvalue weighted by Gasteiger charge is 2.25. The van der Waals surface area contributed by atoms with E-state index in [1.54, 1.807) is 6.20 Å². The lowest BCUT2D eigenvalue weighted by atomic mass is 10.1.